The molecule has 0 aliphatic heterocycles. The molecule has 88 valence electrons. The molecule has 0 bridgehead atoms. The van der Waals surface area contributed by atoms with Crippen LogP contribution in [0.5, 0.6) is 0 Å². The topological polar surface area (TPSA) is 12.9 Å². The Labute approximate surface area is 109 Å². The lowest BCUT2D eigenvalue weighted by Gasteiger charge is -2.01. The predicted octanol–water partition coefficient (Wildman–Crippen LogP) is 4.11. The maximum absolute atomic E-state index is 12.7. The first-order valence-corrected chi connectivity index (χ1v) is 7.24. The number of benzene rings is 1. The monoisotopic (exact) mass is 265 g/mol. The van der Waals surface area contributed by atoms with Gasteiger partial charge in [-0.25, -0.2) is 9.37 Å². The molecule has 0 fully saturated rings. The van der Waals surface area contributed by atoms with Crippen LogP contribution in [0.25, 0.3) is 0 Å². The van der Waals surface area contributed by atoms with Gasteiger partial charge in [0, 0.05) is 22.6 Å². The van der Waals surface area contributed by atoms with Crippen LogP contribution in [0.2, 0.25) is 0 Å². The molecule has 0 aliphatic rings. The van der Waals surface area contributed by atoms with Gasteiger partial charge in [0.1, 0.15) is 5.82 Å². The number of hydrogen-bond acceptors (Lipinski definition) is 3. The van der Waals surface area contributed by atoms with Crippen molar-refractivity contribution >= 4 is 23.5 Å². The van der Waals surface area contributed by atoms with Crippen LogP contribution in [-0.4, -0.2) is 16.5 Å². The molecular formula is C13H12FNS2. The van der Waals surface area contributed by atoms with Gasteiger partial charge in [0.05, 0.1) is 5.03 Å². The lowest BCUT2D eigenvalue weighted by atomic mass is 10.4. The Morgan fingerprint density at radius 2 is 1.71 bits per heavy atom. The molecule has 0 N–H and O–H groups in total. The first kappa shape index (κ1) is 12.5. The van der Waals surface area contributed by atoms with Gasteiger partial charge in [-0.2, -0.15) is 0 Å². The molecule has 1 aromatic heterocycles. The lowest BCUT2D eigenvalue weighted by Crippen LogP contribution is -1.86. The Bertz CT molecular complexity index is 445. The predicted molar refractivity (Wildman–Crippen MR) is 72.1 cm³/mol. The van der Waals surface area contributed by atoms with Gasteiger partial charge in [0.2, 0.25) is 0 Å². The van der Waals surface area contributed by atoms with Gasteiger partial charge >= 0.3 is 0 Å². The minimum Gasteiger partial charge on any atom is -0.250 e. The molecule has 1 heterocycles. The summed E-state index contributed by atoms with van der Waals surface area (Å²) in [5, 5.41) is 1.05. The van der Waals surface area contributed by atoms with E-state index in [1.54, 1.807) is 29.7 Å². The van der Waals surface area contributed by atoms with Gasteiger partial charge in [-0.05, 0) is 36.4 Å². The van der Waals surface area contributed by atoms with Crippen molar-refractivity contribution in [2.75, 3.05) is 11.5 Å². The summed E-state index contributed by atoms with van der Waals surface area (Å²) in [6.07, 6.45) is 1.80. The second kappa shape index (κ2) is 6.67. The highest BCUT2D eigenvalue weighted by molar-refractivity contribution is 8.02. The molecule has 4 heteroatoms. The summed E-state index contributed by atoms with van der Waals surface area (Å²) in [6, 6.07) is 12.5. The first-order chi connectivity index (χ1) is 8.34. The van der Waals surface area contributed by atoms with Crippen molar-refractivity contribution in [1.82, 2.24) is 4.98 Å². The van der Waals surface area contributed by atoms with E-state index in [0.29, 0.717) is 0 Å². The number of thioether (sulfide) groups is 2. The van der Waals surface area contributed by atoms with Crippen LogP contribution in [0.4, 0.5) is 4.39 Å². The fourth-order valence-corrected chi connectivity index (χ4v) is 3.02. The molecule has 2 rings (SSSR count). The molecular weight excluding hydrogens is 253 g/mol. The number of hydrogen-bond donors (Lipinski definition) is 0. The molecule has 0 spiro atoms. The maximum Gasteiger partial charge on any atom is 0.123 e. The highest BCUT2D eigenvalue weighted by Gasteiger charge is 1.97. The molecule has 0 amide bonds. The van der Waals surface area contributed by atoms with Crippen molar-refractivity contribution in [3.63, 3.8) is 0 Å². The average Bonchev–Trinajstić information content (AvgIpc) is 2.38. The number of halogens is 1. The van der Waals surface area contributed by atoms with Gasteiger partial charge in [-0.1, -0.05) is 6.07 Å². The first-order valence-electron chi connectivity index (χ1n) is 5.27. The molecule has 0 saturated carbocycles. The van der Waals surface area contributed by atoms with Crippen LogP contribution in [-0.2, 0) is 0 Å². The third-order valence-electron chi connectivity index (χ3n) is 2.05. The van der Waals surface area contributed by atoms with Crippen molar-refractivity contribution in [3.05, 3.63) is 54.5 Å². The second-order valence-electron chi connectivity index (χ2n) is 3.32. The van der Waals surface area contributed by atoms with Crippen LogP contribution in [0.1, 0.15) is 0 Å². The van der Waals surface area contributed by atoms with Crippen LogP contribution in [0.3, 0.4) is 0 Å². The smallest absolute Gasteiger partial charge is 0.123 e. The van der Waals surface area contributed by atoms with Crippen molar-refractivity contribution in [2.45, 2.75) is 9.92 Å². The Balaban J connectivity index is 1.71. The second-order valence-corrected chi connectivity index (χ2v) is 5.60. The fraction of sp³-hybridized carbons (Fsp3) is 0.154. The minimum absolute atomic E-state index is 0.183. The summed E-state index contributed by atoms with van der Waals surface area (Å²) in [5.74, 6) is 1.81. The zero-order valence-corrected chi connectivity index (χ0v) is 10.8. The Morgan fingerprint density at radius 3 is 2.41 bits per heavy atom. The van der Waals surface area contributed by atoms with E-state index < -0.39 is 0 Å². The highest BCUT2D eigenvalue weighted by atomic mass is 32.2. The number of rotatable bonds is 5. The van der Waals surface area contributed by atoms with Gasteiger partial charge < -0.3 is 0 Å². The maximum atomic E-state index is 12.7. The molecule has 1 nitrogen and oxygen atoms in total. The number of aromatic nitrogens is 1. The third-order valence-corrected chi connectivity index (χ3v) is 4.27. The largest absolute Gasteiger partial charge is 0.250 e. The van der Waals surface area contributed by atoms with Crippen LogP contribution >= 0.6 is 23.5 Å². The number of pyridine rings is 1. The third kappa shape index (κ3) is 4.40. The van der Waals surface area contributed by atoms with Gasteiger partial charge in [-0.3, -0.25) is 0 Å². The van der Waals surface area contributed by atoms with Crippen LogP contribution in [0, 0.1) is 5.82 Å². The molecule has 17 heavy (non-hydrogen) atoms. The van der Waals surface area contributed by atoms with Gasteiger partial charge in [0.15, 0.2) is 0 Å². The van der Waals surface area contributed by atoms with E-state index in [2.05, 4.69) is 4.98 Å². The van der Waals surface area contributed by atoms with Gasteiger partial charge in [-0.15, -0.1) is 23.5 Å². The zero-order chi connectivity index (χ0) is 11.9. The normalized spacial score (nSPS) is 10.4. The molecule has 0 atom stereocenters. The lowest BCUT2D eigenvalue weighted by molar-refractivity contribution is 0.626. The number of nitrogens with zero attached hydrogens (tertiary/aromatic N) is 1. The molecule has 0 unspecified atom stereocenters. The highest BCUT2D eigenvalue weighted by Crippen LogP contribution is 2.21. The minimum atomic E-state index is -0.183. The zero-order valence-electron chi connectivity index (χ0n) is 9.17. The van der Waals surface area contributed by atoms with E-state index in [-0.39, 0.29) is 5.82 Å². The molecule has 1 aromatic carbocycles. The van der Waals surface area contributed by atoms with E-state index in [4.69, 9.17) is 0 Å². The van der Waals surface area contributed by atoms with E-state index in [1.165, 1.54) is 12.1 Å². The Morgan fingerprint density at radius 1 is 0.941 bits per heavy atom. The SMILES string of the molecule is Fc1ccc(SCCSc2ccccn2)cc1. The Kier molecular flexibility index (Phi) is 4.88. The molecule has 0 aliphatic carbocycles. The Hall–Kier alpha value is -1.00. The summed E-state index contributed by atoms with van der Waals surface area (Å²) in [7, 11) is 0. The molecule has 0 radical (unpaired) electrons. The van der Waals surface area contributed by atoms with Crippen molar-refractivity contribution < 1.29 is 4.39 Å². The van der Waals surface area contributed by atoms with E-state index in [0.717, 1.165) is 21.4 Å². The average molecular weight is 265 g/mol. The van der Waals surface area contributed by atoms with Crippen molar-refractivity contribution in [1.29, 1.82) is 0 Å². The van der Waals surface area contributed by atoms with Crippen molar-refractivity contribution in [2.24, 2.45) is 0 Å². The summed E-state index contributed by atoms with van der Waals surface area (Å²) < 4.78 is 12.7. The summed E-state index contributed by atoms with van der Waals surface area (Å²) in [4.78, 5) is 5.34. The van der Waals surface area contributed by atoms with Crippen LogP contribution in [0.15, 0.2) is 58.6 Å². The summed E-state index contributed by atoms with van der Waals surface area (Å²) >= 11 is 3.47. The summed E-state index contributed by atoms with van der Waals surface area (Å²) in [5.41, 5.74) is 0. The quantitative estimate of drug-likeness (QED) is 0.596. The molecule has 2 aromatic rings. The molecule has 0 saturated heterocycles. The van der Waals surface area contributed by atoms with Gasteiger partial charge in [0.25, 0.3) is 0 Å². The fourth-order valence-electron chi connectivity index (χ4n) is 1.27. The van der Waals surface area contributed by atoms with Crippen molar-refractivity contribution in [3.8, 4) is 0 Å². The standard InChI is InChI=1S/C13H12FNS2/c14-11-4-6-12(7-5-11)16-9-10-17-13-3-1-2-8-15-13/h1-8H,9-10H2. The van der Waals surface area contributed by atoms with E-state index >= 15 is 0 Å². The van der Waals surface area contributed by atoms with E-state index in [9.17, 15) is 4.39 Å². The summed E-state index contributed by atoms with van der Waals surface area (Å²) in [6.45, 7) is 0. The van der Waals surface area contributed by atoms with E-state index in [1.807, 2.05) is 30.3 Å². The van der Waals surface area contributed by atoms with Crippen LogP contribution < -0.4 is 0 Å².